The third-order valence-electron chi connectivity index (χ3n) is 1.86. The summed E-state index contributed by atoms with van der Waals surface area (Å²) in [5.41, 5.74) is 0.154. The zero-order valence-electron chi connectivity index (χ0n) is 8.06. The van der Waals surface area contributed by atoms with Crippen LogP contribution in [0, 0.1) is 0 Å². The number of aliphatic carboxylic acids is 1. The van der Waals surface area contributed by atoms with Crippen LogP contribution in [-0.4, -0.2) is 29.1 Å². The molecule has 0 heterocycles. The van der Waals surface area contributed by atoms with Gasteiger partial charge < -0.3 is 14.9 Å². The van der Waals surface area contributed by atoms with E-state index in [1.807, 2.05) is 0 Å². The minimum atomic E-state index is -1.60. The third kappa shape index (κ3) is 2.32. The molecule has 1 aromatic carbocycles. The van der Waals surface area contributed by atoms with Gasteiger partial charge in [0.2, 0.25) is 0 Å². The molecule has 5 nitrogen and oxygen atoms in total. The molecule has 5 heteroatoms. The zero-order valence-corrected chi connectivity index (χ0v) is 8.06. The van der Waals surface area contributed by atoms with Gasteiger partial charge in [-0.3, -0.25) is 4.79 Å². The number of para-hydroxylation sites is 1. The summed E-state index contributed by atoms with van der Waals surface area (Å²) in [4.78, 5) is 21.6. The number of phenolic OH excluding ortho intramolecular Hbond substituents is 1. The zero-order chi connectivity index (χ0) is 11.4. The van der Waals surface area contributed by atoms with Gasteiger partial charge in [0.05, 0.1) is 12.2 Å². The van der Waals surface area contributed by atoms with E-state index in [-0.39, 0.29) is 17.9 Å². The average Bonchev–Trinajstić information content (AvgIpc) is 2.20. The maximum Gasteiger partial charge on any atom is 0.377 e. The van der Waals surface area contributed by atoms with Crippen LogP contribution in [0.15, 0.2) is 18.2 Å². The number of ketones is 1. The first-order valence-corrected chi connectivity index (χ1v) is 4.15. The maximum atomic E-state index is 11.1. The van der Waals surface area contributed by atoms with E-state index in [1.54, 1.807) is 6.07 Å². The third-order valence-corrected chi connectivity index (χ3v) is 1.86. The largest absolute Gasteiger partial charge is 0.507 e. The van der Waals surface area contributed by atoms with Crippen molar-refractivity contribution in [3.8, 4) is 5.75 Å². The molecule has 0 aromatic heterocycles. The summed E-state index contributed by atoms with van der Waals surface area (Å²) in [6.07, 6.45) is 0. The molecule has 0 saturated heterocycles. The van der Waals surface area contributed by atoms with Crippen LogP contribution < -0.4 is 0 Å². The fourth-order valence-electron chi connectivity index (χ4n) is 1.16. The Morgan fingerprint density at radius 2 is 2.07 bits per heavy atom. The van der Waals surface area contributed by atoms with Crippen LogP contribution >= 0.6 is 0 Å². The molecule has 0 bridgehead atoms. The second-order valence-electron chi connectivity index (χ2n) is 2.88. The number of carboxylic acid groups (broad SMARTS) is 1. The number of phenols is 1. The first kappa shape index (κ1) is 11.2. The molecule has 2 N–H and O–H groups in total. The number of methoxy groups -OCH3 is 1. The lowest BCUT2D eigenvalue weighted by molar-refractivity contribution is -0.131. The van der Waals surface area contributed by atoms with E-state index < -0.39 is 11.8 Å². The molecule has 0 aliphatic rings. The Balaban J connectivity index is 3.14. The summed E-state index contributed by atoms with van der Waals surface area (Å²) in [7, 11) is 1.44. The summed E-state index contributed by atoms with van der Waals surface area (Å²) in [5, 5.41) is 18.1. The van der Waals surface area contributed by atoms with Crippen molar-refractivity contribution in [2.75, 3.05) is 7.11 Å². The highest BCUT2D eigenvalue weighted by Crippen LogP contribution is 2.23. The van der Waals surface area contributed by atoms with Gasteiger partial charge in [0.25, 0.3) is 5.78 Å². The van der Waals surface area contributed by atoms with Crippen molar-refractivity contribution in [3.05, 3.63) is 29.3 Å². The normalized spacial score (nSPS) is 9.93. The molecular weight excluding hydrogens is 200 g/mol. The molecule has 1 aromatic rings. The van der Waals surface area contributed by atoms with Crippen molar-refractivity contribution in [1.82, 2.24) is 0 Å². The minimum Gasteiger partial charge on any atom is -0.507 e. The Morgan fingerprint density at radius 3 is 2.60 bits per heavy atom. The van der Waals surface area contributed by atoms with Gasteiger partial charge in [0.1, 0.15) is 5.75 Å². The number of Topliss-reactive ketones (excluding diaryl/α,β-unsaturated/α-hetero) is 1. The fraction of sp³-hybridized carbons (Fsp3) is 0.200. The van der Waals surface area contributed by atoms with Gasteiger partial charge in [-0.25, -0.2) is 4.79 Å². The first-order valence-electron chi connectivity index (χ1n) is 4.15. The smallest absolute Gasteiger partial charge is 0.377 e. The number of rotatable bonds is 4. The number of benzene rings is 1. The van der Waals surface area contributed by atoms with Gasteiger partial charge in [0.15, 0.2) is 0 Å². The molecule has 15 heavy (non-hydrogen) atoms. The lowest BCUT2D eigenvalue weighted by Crippen LogP contribution is -2.13. The SMILES string of the molecule is COCc1cccc(C(=O)C(=O)O)c1O. The molecule has 0 aliphatic heterocycles. The van der Waals surface area contributed by atoms with Crippen LogP contribution in [0.4, 0.5) is 0 Å². The summed E-state index contributed by atoms with van der Waals surface area (Å²) in [6.45, 7) is 0.118. The summed E-state index contributed by atoms with van der Waals surface area (Å²) >= 11 is 0. The monoisotopic (exact) mass is 210 g/mol. The van der Waals surface area contributed by atoms with E-state index in [1.165, 1.54) is 19.2 Å². The number of aromatic hydroxyl groups is 1. The Morgan fingerprint density at radius 1 is 1.40 bits per heavy atom. The van der Waals surface area contributed by atoms with E-state index >= 15 is 0 Å². The summed E-state index contributed by atoms with van der Waals surface area (Å²) in [5.74, 6) is -3.07. The second kappa shape index (κ2) is 4.56. The minimum absolute atomic E-state index is 0.118. The van der Waals surface area contributed by atoms with Crippen LogP contribution in [0.2, 0.25) is 0 Å². The average molecular weight is 210 g/mol. The van der Waals surface area contributed by atoms with Crippen LogP contribution in [-0.2, 0) is 16.1 Å². The number of ether oxygens (including phenoxy) is 1. The molecule has 0 radical (unpaired) electrons. The molecule has 0 spiro atoms. The van der Waals surface area contributed by atoms with Gasteiger partial charge in [0, 0.05) is 12.7 Å². The summed E-state index contributed by atoms with van der Waals surface area (Å²) < 4.78 is 4.79. The molecule has 0 saturated carbocycles. The standard InChI is InChI=1S/C10H10O5/c1-15-5-6-3-2-4-7(8(6)11)9(12)10(13)14/h2-4,11H,5H2,1H3,(H,13,14). The molecule has 80 valence electrons. The van der Waals surface area contributed by atoms with Gasteiger partial charge in [-0.1, -0.05) is 12.1 Å². The van der Waals surface area contributed by atoms with Gasteiger partial charge in [-0.2, -0.15) is 0 Å². The van der Waals surface area contributed by atoms with Crippen molar-refractivity contribution in [3.63, 3.8) is 0 Å². The van der Waals surface area contributed by atoms with Gasteiger partial charge in [-0.05, 0) is 6.07 Å². The molecule has 0 fully saturated rings. The highest BCUT2D eigenvalue weighted by Gasteiger charge is 2.19. The van der Waals surface area contributed by atoms with E-state index in [0.29, 0.717) is 5.56 Å². The van der Waals surface area contributed by atoms with Crippen molar-refractivity contribution in [1.29, 1.82) is 0 Å². The second-order valence-corrected chi connectivity index (χ2v) is 2.88. The molecule has 1 rings (SSSR count). The molecule has 0 unspecified atom stereocenters. The van der Waals surface area contributed by atoms with E-state index in [2.05, 4.69) is 0 Å². The van der Waals surface area contributed by atoms with Gasteiger partial charge >= 0.3 is 5.97 Å². The van der Waals surface area contributed by atoms with Crippen LogP contribution in [0.1, 0.15) is 15.9 Å². The number of carbonyl (C=O) groups excluding carboxylic acids is 1. The molecular formula is C10H10O5. The Bertz CT molecular complexity index is 397. The Hall–Kier alpha value is -1.88. The molecule has 0 amide bonds. The molecule has 0 atom stereocenters. The van der Waals surface area contributed by atoms with E-state index in [4.69, 9.17) is 9.84 Å². The number of hydrogen-bond donors (Lipinski definition) is 2. The van der Waals surface area contributed by atoms with Crippen LogP contribution in [0.3, 0.4) is 0 Å². The fourth-order valence-corrected chi connectivity index (χ4v) is 1.16. The lowest BCUT2D eigenvalue weighted by atomic mass is 10.1. The number of carbonyl (C=O) groups is 2. The lowest BCUT2D eigenvalue weighted by Gasteiger charge is -2.06. The van der Waals surface area contributed by atoms with E-state index in [0.717, 1.165) is 0 Å². The topological polar surface area (TPSA) is 83.8 Å². The quantitative estimate of drug-likeness (QED) is 0.567. The van der Waals surface area contributed by atoms with E-state index in [9.17, 15) is 14.7 Å². The maximum absolute atomic E-state index is 11.1. The van der Waals surface area contributed by atoms with Crippen molar-refractivity contribution in [2.45, 2.75) is 6.61 Å². The van der Waals surface area contributed by atoms with Crippen LogP contribution in [0.5, 0.6) is 5.75 Å². The van der Waals surface area contributed by atoms with Crippen molar-refractivity contribution in [2.24, 2.45) is 0 Å². The van der Waals surface area contributed by atoms with Gasteiger partial charge in [-0.15, -0.1) is 0 Å². The first-order chi connectivity index (χ1) is 7.07. The highest BCUT2D eigenvalue weighted by molar-refractivity contribution is 6.40. The molecule has 0 aliphatic carbocycles. The Labute approximate surface area is 85.9 Å². The number of carboxylic acids is 1. The number of hydrogen-bond acceptors (Lipinski definition) is 4. The highest BCUT2D eigenvalue weighted by atomic mass is 16.5. The Kier molecular flexibility index (Phi) is 3.41. The predicted octanol–water partition coefficient (Wildman–Crippen LogP) is 0.806. The van der Waals surface area contributed by atoms with Crippen LogP contribution in [0.25, 0.3) is 0 Å². The van der Waals surface area contributed by atoms with Crippen molar-refractivity contribution >= 4 is 11.8 Å². The predicted molar refractivity (Wildman–Crippen MR) is 50.8 cm³/mol. The summed E-state index contributed by atoms with van der Waals surface area (Å²) in [6, 6.07) is 4.30. The van der Waals surface area contributed by atoms with Crippen molar-refractivity contribution < 1.29 is 24.5 Å².